The first-order valence-electron chi connectivity index (χ1n) is 5.61. The van der Waals surface area contributed by atoms with Gasteiger partial charge in [0.1, 0.15) is 14.9 Å². The fraction of sp³-hybridized carbons (Fsp3) is 0.583. The Morgan fingerprint density at radius 1 is 1.44 bits per heavy atom. The molecule has 0 aliphatic rings. The third-order valence-corrected chi connectivity index (χ3v) is 4.74. The lowest BCUT2D eigenvalue weighted by Gasteiger charge is -2.33. The minimum Gasteiger partial charge on any atom is -0.598 e. The summed E-state index contributed by atoms with van der Waals surface area (Å²) in [6.07, 6.45) is 1.65. The van der Waals surface area contributed by atoms with Gasteiger partial charge in [0, 0.05) is 17.6 Å². The van der Waals surface area contributed by atoms with E-state index in [0.717, 1.165) is 5.56 Å². The summed E-state index contributed by atoms with van der Waals surface area (Å²) in [6, 6.07) is 3.61. The Hall–Kier alpha value is -0.140. The van der Waals surface area contributed by atoms with Gasteiger partial charge in [0.2, 0.25) is 0 Å². The maximum absolute atomic E-state index is 12.2. The van der Waals surface area contributed by atoms with Crippen LogP contribution in [0.1, 0.15) is 33.3 Å². The highest BCUT2D eigenvalue weighted by atomic mass is 79.9. The molecule has 2 unspecified atom stereocenters. The van der Waals surface area contributed by atoms with Gasteiger partial charge in [-0.1, -0.05) is 0 Å². The molecule has 1 aromatic rings. The maximum Gasteiger partial charge on any atom is 0.136 e. The highest BCUT2D eigenvalue weighted by Crippen LogP contribution is 2.26. The Labute approximate surface area is 120 Å². The number of aromatic nitrogens is 1. The van der Waals surface area contributed by atoms with E-state index in [2.05, 4.69) is 25.6 Å². The first kappa shape index (κ1) is 15.9. The van der Waals surface area contributed by atoms with Crippen LogP contribution in [0.3, 0.4) is 0 Å². The lowest BCUT2D eigenvalue weighted by Crippen LogP contribution is -2.51. The maximum atomic E-state index is 12.2. The quantitative estimate of drug-likeness (QED) is 0.653. The third-order valence-electron chi connectivity index (χ3n) is 2.55. The molecule has 0 amide bonds. The van der Waals surface area contributed by atoms with Gasteiger partial charge in [0.15, 0.2) is 0 Å². The minimum absolute atomic E-state index is 0.148. The Balaban J connectivity index is 2.99. The fourth-order valence-corrected chi connectivity index (χ4v) is 2.55. The topological polar surface area (TPSA) is 68.2 Å². The zero-order valence-electron chi connectivity index (χ0n) is 11.0. The number of nitrogens with zero attached hydrogens (tertiary/aromatic N) is 1. The van der Waals surface area contributed by atoms with E-state index >= 15 is 0 Å². The predicted molar refractivity (Wildman–Crippen MR) is 77.4 cm³/mol. The smallest absolute Gasteiger partial charge is 0.136 e. The minimum atomic E-state index is -1.26. The fourth-order valence-electron chi connectivity index (χ4n) is 1.29. The Morgan fingerprint density at radius 2 is 2.06 bits per heavy atom. The molecule has 0 aromatic carbocycles. The standard InChI is InChI=1S/C12H19BrN2O2S/c1-11(2,3)18(17)15-12(4,8-16)9-5-6-14-10(13)7-9/h5-7,15-16H,8H2,1-4H3. The van der Waals surface area contributed by atoms with Crippen LogP contribution in [-0.4, -0.2) is 26.0 Å². The van der Waals surface area contributed by atoms with Gasteiger partial charge >= 0.3 is 0 Å². The van der Waals surface area contributed by atoms with Crippen LogP contribution in [-0.2, 0) is 16.9 Å². The number of hydrogen-bond acceptors (Lipinski definition) is 4. The SMILES string of the molecule is CC(CO)(N[S+]([O-])C(C)(C)C)c1ccnc(Br)c1. The largest absolute Gasteiger partial charge is 0.598 e. The summed E-state index contributed by atoms with van der Waals surface area (Å²) in [5.74, 6) is 0. The molecule has 0 radical (unpaired) electrons. The van der Waals surface area contributed by atoms with Gasteiger partial charge in [0.05, 0.1) is 6.61 Å². The summed E-state index contributed by atoms with van der Waals surface area (Å²) in [5, 5.41) is 9.61. The summed E-state index contributed by atoms with van der Waals surface area (Å²) >= 11 is 2.03. The molecule has 0 aliphatic heterocycles. The van der Waals surface area contributed by atoms with Crippen molar-refractivity contribution in [3.63, 3.8) is 0 Å². The van der Waals surface area contributed by atoms with Crippen molar-refractivity contribution < 1.29 is 9.66 Å². The van der Waals surface area contributed by atoms with Crippen molar-refractivity contribution >= 4 is 27.3 Å². The second kappa shape index (κ2) is 5.88. The van der Waals surface area contributed by atoms with Crippen LogP contribution in [0.2, 0.25) is 0 Å². The van der Waals surface area contributed by atoms with Crippen LogP contribution in [0.4, 0.5) is 0 Å². The molecule has 0 fully saturated rings. The van der Waals surface area contributed by atoms with Crippen molar-refractivity contribution in [2.24, 2.45) is 0 Å². The predicted octanol–water partition coefficient (Wildman–Crippen LogP) is 2.10. The summed E-state index contributed by atoms with van der Waals surface area (Å²) < 4.78 is 15.5. The van der Waals surface area contributed by atoms with Gasteiger partial charge in [-0.05, 0) is 61.3 Å². The third kappa shape index (κ3) is 3.93. The molecule has 1 aromatic heterocycles. The van der Waals surface area contributed by atoms with Crippen molar-refractivity contribution in [1.82, 2.24) is 9.71 Å². The molecule has 6 heteroatoms. The molecule has 1 heterocycles. The molecule has 18 heavy (non-hydrogen) atoms. The summed E-state index contributed by atoms with van der Waals surface area (Å²) in [6.45, 7) is 7.33. The summed E-state index contributed by atoms with van der Waals surface area (Å²) in [7, 11) is 0. The van der Waals surface area contributed by atoms with Gasteiger partial charge in [-0.2, -0.15) is 0 Å². The van der Waals surface area contributed by atoms with Crippen LogP contribution < -0.4 is 4.72 Å². The average molecular weight is 335 g/mol. The highest BCUT2D eigenvalue weighted by Gasteiger charge is 2.36. The second-order valence-corrected chi connectivity index (χ2v) is 8.12. The lowest BCUT2D eigenvalue weighted by atomic mass is 9.95. The molecule has 2 atom stereocenters. The van der Waals surface area contributed by atoms with E-state index in [-0.39, 0.29) is 11.4 Å². The molecular weight excluding hydrogens is 316 g/mol. The van der Waals surface area contributed by atoms with E-state index in [1.165, 1.54) is 0 Å². The summed E-state index contributed by atoms with van der Waals surface area (Å²) in [4.78, 5) is 4.05. The zero-order valence-corrected chi connectivity index (χ0v) is 13.4. The van der Waals surface area contributed by atoms with Gasteiger partial charge < -0.3 is 9.66 Å². The number of hydrogen-bond donors (Lipinski definition) is 2. The number of aliphatic hydroxyl groups excluding tert-OH is 1. The van der Waals surface area contributed by atoms with Gasteiger partial charge in [0.25, 0.3) is 0 Å². The van der Waals surface area contributed by atoms with E-state index in [0.29, 0.717) is 4.60 Å². The molecule has 102 valence electrons. The Kier molecular flexibility index (Phi) is 5.20. The van der Waals surface area contributed by atoms with Crippen molar-refractivity contribution in [1.29, 1.82) is 0 Å². The first-order chi connectivity index (χ1) is 8.19. The van der Waals surface area contributed by atoms with E-state index in [9.17, 15) is 9.66 Å². The normalized spacial score (nSPS) is 17.3. The molecule has 0 spiro atoms. The molecule has 0 aliphatic carbocycles. The van der Waals surface area contributed by atoms with E-state index in [4.69, 9.17) is 0 Å². The van der Waals surface area contributed by atoms with Gasteiger partial charge in [-0.3, -0.25) is 0 Å². The van der Waals surface area contributed by atoms with Crippen LogP contribution in [0.25, 0.3) is 0 Å². The number of aliphatic hydroxyl groups is 1. The van der Waals surface area contributed by atoms with Crippen LogP contribution in [0, 0.1) is 0 Å². The van der Waals surface area contributed by atoms with E-state index in [1.54, 1.807) is 12.3 Å². The van der Waals surface area contributed by atoms with Crippen molar-refractivity contribution in [3.05, 3.63) is 28.5 Å². The van der Waals surface area contributed by atoms with Crippen molar-refractivity contribution in [2.75, 3.05) is 6.61 Å². The van der Waals surface area contributed by atoms with E-state index in [1.807, 2.05) is 33.8 Å². The Morgan fingerprint density at radius 3 is 2.50 bits per heavy atom. The molecule has 4 nitrogen and oxygen atoms in total. The lowest BCUT2D eigenvalue weighted by molar-refractivity contribution is 0.195. The molecule has 2 N–H and O–H groups in total. The molecule has 0 bridgehead atoms. The molecular formula is C12H19BrN2O2S. The van der Waals surface area contributed by atoms with Crippen LogP contribution >= 0.6 is 15.9 Å². The van der Waals surface area contributed by atoms with Crippen molar-refractivity contribution in [3.8, 4) is 0 Å². The Bertz CT molecular complexity index is 411. The van der Waals surface area contributed by atoms with Gasteiger partial charge in [-0.15, -0.1) is 4.72 Å². The molecule has 0 saturated heterocycles. The number of halogens is 1. The molecule has 1 rings (SSSR count). The zero-order chi connectivity index (χ0) is 14.0. The summed E-state index contributed by atoms with van der Waals surface area (Å²) in [5.41, 5.74) is 0.0772. The second-order valence-electron chi connectivity index (χ2n) is 5.34. The highest BCUT2D eigenvalue weighted by molar-refractivity contribution is 9.10. The first-order valence-corrected chi connectivity index (χ1v) is 7.56. The van der Waals surface area contributed by atoms with Gasteiger partial charge in [-0.25, -0.2) is 4.98 Å². The molecule has 0 saturated carbocycles. The number of nitrogens with one attached hydrogen (secondary N) is 1. The van der Waals surface area contributed by atoms with E-state index < -0.39 is 16.9 Å². The van der Waals surface area contributed by atoms with Crippen LogP contribution in [0.5, 0.6) is 0 Å². The average Bonchev–Trinajstić information content (AvgIpc) is 2.27. The van der Waals surface area contributed by atoms with Crippen molar-refractivity contribution in [2.45, 2.75) is 38.0 Å². The van der Waals surface area contributed by atoms with Crippen LogP contribution in [0.15, 0.2) is 22.9 Å². The number of pyridine rings is 1. The monoisotopic (exact) mass is 334 g/mol. The number of rotatable bonds is 4.